The highest BCUT2D eigenvalue weighted by molar-refractivity contribution is 7.92. The maximum absolute atomic E-state index is 13.9. The zero-order chi connectivity index (χ0) is 27.2. The van der Waals surface area contributed by atoms with Crippen molar-refractivity contribution in [3.63, 3.8) is 0 Å². The Hall–Kier alpha value is -3.52. The summed E-state index contributed by atoms with van der Waals surface area (Å²) >= 11 is 0. The van der Waals surface area contributed by atoms with Crippen molar-refractivity contribution in [3.8, 4) is 11.5 Å². The van der Waals surface area contributed by atoms with Crippen molar-refractivity contribution >= 4 is 21.6 Å². The molecule has 0 fully saturated rings. The number of carbonyl (C=O) groups excluding carboxylic acids is 1. The molecule has 0 aliphatic heterocycles. The molecule has 1 unspecified atom stereocenters. The van der Waals surface area contributed by atoms with Crippen LogP contribution in [0.4, 0.5) is 5.69 Å². The Balaban J connectivity index is 2.01. The summed E-state index contributed by atoms with van der Waals surface area (Å²) in [5, 5.41) is 3.07. The quantitative estimate of drug-likeness (QED) is 0.362. The first-order valence-corrected chi connectivity index (χ1v) is 13.7. The summed E-state index contributed by atoms with van der Waals surface area (Å²) in [5.41, 5.74) is 3.18. The molecule has 3 aromatic rings. The van der Waals surface area contributed by atoms with Crippen molar-refractivity contribution in [2.24, 2.45) is 5.92 Å². The maximum Gasteiger partial charge on any atom is 0.264 e. The molecule has 3 aromatic carbocycles. The van der Waals surface area contributed by atoms with Crippen molar-refractivity contribution in [3.05, 3.63) is 83.4 Å². The number of anilines is 1. The predicted molar refractivity (Wildman–Crippen MR) is 147 cm³/mol. The van der Waals surface area contributed by atoms with Crippen LogP contribution in [0.15, 0.2) is 71.6 Å². The fourth-order valence-electron chi connectivity index (χ4n) is 4.32. The van der Waals surface area contributed by atoms with E-state index in [1.165, 1.54) is 26.4 Å². The third-order valence-corrected chi connectivity index (χ3v) is 7.74. The largest absolute Gasteiger partial charge is 0.493 e. The number of benzene rings is 3. The van der Waals surface area contributed by atoms with E-state index >= 15 is 0 Å². The van der Waals surface area contributed by atoms with Crippen LogP contribution >= 0.6 is 0 Å². The van der Waals surface area contributed by atoms with Crippen molar-refractivity contribution in [1.82, 2.24) is 5.32 Å². The van der Waals surface area contributed by atoms with E-state index in [0.29, 0.717) is 17.4 Å². The molecule has 0 bridgehead atoms. The molecule has 1 amide bonds. The number of carbonyl (C=O) groups is 1. The molecule has 1 N–H and O–H groups in total. The molecule has 0 saturated carbocycles. The number of hydrogen-bond donors (Lipinski definition) is 1. The number of methoxy groups -OCH3 is 2. The average Bonchev–Trinajstić information content (AvgIpc) is 2.86. The fraction of sp³-hybridized carbons (Fsp3) is 0.345. The van der Waals surface area contributed by atoms with Crippen LogP contribution in [-0.2, 0) is 14.8 Å². The average molecular weight is 525 g/mol. The lowest BCUT2D eigenvalue weighted by molar-refractivity contribution is -0.120. The van der Waals surface area contributed by atoms with Gasteiger partial charge in [0.05, 0.1) is 30.8 Å². The van der Waals surface area contributed by atoms with E-state index in [1.54, 1.807) is 18.2 Å². The number of amides is 1. The minimum atomic E-state index is -4.13. The van der Waals surface area contributed by atoms with Gasteiger partial charge in [-0.2, -0.15) is 0 Å². The summed E-state index contributed by atoms with van der Waals surface area (Å²) in [5.74, 6) is 0.639. The van der Waals surface area contributed by atoms with Gasteiger partial charge in [-0.3, -0.25) is 9.10 Å². The molecule has 0 heterocycles. The van der Waals surface area contributed by atoms with E-state index in [0.717, 1.165) is 27.4 Å². The van der Waals surface area contributed by atoms with Crippen molar-refractivity contribution < 1.29 is 22.7 Å². The Kier molecular flexibility index (Phi) is 9.21. The molecule has 37 heavy (non-hydrogen) atoms. The Morgan fingerprint density at radius 1 is 0.892 bits per heavy atom. The molecule has 1 atom stereocenters. The van der Waals surface area contributed by atoms with Crippen molar-refractivity contribution in [2.45, 2.75) is 45.1 Å². The van der Waals surface area contributed by atoms with Gasteiger partial charge in [0.2, 0.25) is 5.91 Å². The Bertz CT molecular complexity index is 1300. The Morgan fingerprint density at radius 2 is 1.51 bits per heavy atom. The predicted octanol–water partition coefficient (Wildman–Crippen LogP) is 5.42. The molecule has 0 aliphatic rings. The van der Waals surface area contributed by atoms with Gasteiger partial charge in [0.15, 0.2) is 11.5 Å². The lowest BCUT2D eigenvalue weighted by Gasteiger charge is -2.27. The first-order valence-electron chi connectivity index (χ1n) is 12.2. The molecule has 0 radical (unpaired) electrons. The molecule has 3 rings (SSSR count). The van der Waals surface area contributed by atoms with E-state index in [2.05, 4.69) is 19.2 Å². The van der Waals surface area contributed by atoms with Crippen LogP contribution in [0.25, 0.3) is 0 Å². The molecular weight excluding hydrogens is 488 g/mol. The van der Waals surface area contributed by atoms with Gasteiger partial charge in [0.25, 0.3) is 10.0 Å². The summed E-state index contributed by atoms with van der Waals surface area (Å²) in [6, 6.07) is 19.4. The summed E-state index contributed by atoms with van der Waals surface area (Å²) in [4.78, 5) is 13.4. The smallest absolute Gasteiger partial charge is 0.264 e. The van der Waals surface area contributed by atoms with Gasteiger partial charge in [-0.25, -0.2) is 8.42 Å². The van der Waals surface area contributed by atoms with Gasteiger partial charge >= 0.3 is 0 Å². The van der Waals surface area contributed by atoms with E-state index < -0.39 is 15.9 Å². The molecule has 0 saturated heterocycles. The number of ether oxygens (including phenoxy) is 2. The van der Waals surface area contributed by atoms with Gasteiger partial charge in [-0.15, -0.1) is 0 Å². The van der Waals surface area contributed by atoms with Crippen LogP contribution in [0.5, 0.6) is 11.5 Å². The van der Waals surface area contributed by atoms with E-state index in [4.69, 9.17) is 9.47 Å². The lowest BCUT2D eigenvalue weighted by Crippen LogP contribution is -2.42. The van der Waals surface area contributed by atoms with Gasteiger partial charge < -0.3 is 14.8 Å². The van der Waals surface area contributed by atoms with E-state index in [9.17, 15) is 13.2 Å². The van der Waals surface area contributed by atoms with Crippen LogP contribution < -0.4 is 19.1 Å². The highest BCUT2D eigenvalue weighted by Gasteiger charge is 2.29. The fourth-order valence-corrected chi connectivity index (χ4v) is 5.74. The normalized spacial score (nSPS) is 12.2. The van der Waals surface area contributed by atoms with E-state index in [-0.39, 0.29) is 23.2 Å². The molecule has 8 heteroatoms. The summed E-state index contributed by atoms with van der Waals surface area (Å²) < 4.78 is 39.6. The van der Waals surface area contributed by atoms with Crippen LogP contribution in [0.2, 0.25) is 0 Å². The highest BCUT2D eigenvalue weighted by Crippen LogP contribution is 2.33. The van der Waals surface area contributed by atoms with Crippen molar-refractivity contribution in [2.75, 3.05) is 25.1 Å². The number of nitrogens with one attached hydrogen (secondary N) is 1. The monoisotopic (exact) mass is 524 g/mol. The lowest BCUT2D eigenvalue weighted by atomic mass is 9.97. The number of nitrogens with zero attached hydrogens (tertiary/aromatic N) is 1. The topological polar surface area (TPSA) is 84.9 Å². The highest BCUT2D eigenvalue weighted by atomic mass is 32.2. The minimum Gasteiger partial charge on any atom is -0.493 e. The third kappa shape index (κ3) is 7.04. The molecule has 0 spiro atoms. The van der Waals surface area contributed by atoms with Gasteiger partial charge in [0, 0.05) is 6.07 Å². The van der Waals surface area contributed by atoms with Crippen LogP contribution in [0, 0.1) is 19.8 Å². The zero-order valence-electron chi connectivity index (χ0n) is 22.3. The maximum atomic E-state index is 13.9. The molecule has 0 aliphatic carbocycles. The van der Waals surface area contributed by atoms with Crippen LogP contribution in [-0.4, -0.2) is 35.1 Å². The zero-order valence-corrected chi connectivity index (χ0v) is 23.1. The second-order valence-electron chi connectivity index (χ2n) is 9.53. The van der Waals surface area contributed by atoms with Gasteiger partial charge in [0.1, 0.15) is 6.54 Å². The summed E-state index contributed by atoms with van der Waals surface area (Å²) in [7, 11) is -1.20. The molecule has 7 nitrogen and oxygen atoms in total. The second kappa shape index (κ2) is 12.1. The molecule has 198 valence electrons. The van der Waals surface area contributed by atoms with Gasteiger partial charge in [-0.05, 0) is 67.1 Å². The number of hydrogen-bond acceptors (Lipinski definition) is 5. The number of sulfonamides is 1. The molecular formula is C29H36N2O5S. The molecule has 0 aromatic heterocycles. The Morgan fingerprint density at radius 3 is 2.08 bits per heavy atom. The Labute approximate surface area is 220 Å². The van der Waals surface area contributed by atoms with Crippen molar-refractivity contribution in [1.29, 1.82) is 0 Å². The van der Waals surface area contributed by atoms with Crippen LogP contribution in [0.3, 0.4) is 0 Å². The second-order valence-corrected chi connectivity index (χ2v) is 11.4. The first-order chi connectivity index (χ1) is 17.5. The van der Waals surface area contributed by atoms with Gasteiger partial charge in [-0.1, -0.05) is 50.2 Å². The number of rotatable bonds is 11. The third-order valence-electron chi connectivity index (χ3n) is 5.97. The van der Waals surface area contributed by atoms with E-state index in [1.807, 2.05) is 50.2 Å². The van der Waals surface area contributed by atoms with Crippen LogP contribution in [0.1, 0.15) is 43.0 Å². The SMILES string of the molecule is COc1ccc(S(=O)(=O)N(CC(=O)NC(CC(C)C)c2ccccc2)c2cc(C)cc(C)c2)cc1OC. The summed E-state index contributed by atoms with van der Waals surface area (Å²) in [6.45, 7) is 7.59. The number of aryl methyl sites for hydroxylation is 2. The minimum absolute atomic E-state index is 0.00102. The first kappa shape index (κ1) is 28.1. The standard InChI is InChI=1S/C29H36N2O5S/c1-20(2)14-26(23-10-8-7-9-11-23)30-29(32)19-31(24-16-21(3)15-22(4)17-24)37(33,34)25-12-13-27(35-5)28(18-25)36-6/h7-13,15-18,20,26H,14,19H2,1-6H3,(H,30,32). The summed E-state index contributed by atoms with van der Waals surface area (Å²) in [6.07, 6.45) is 0.724.